The largest absolute Gasteiger partial charge is 0.378 e. The van der Waals surface area contributed by atoms with Gasteiger partial charge in [0, 0.05) is 19.2 Å². The van der Waals surface area contributed by atoms with Crippen molar-refractivity contribution >= 4 is 18.3 Å². The van der Waals surface area contributed by atoms with Gasteiger partial charge in [-0.2, -0.15) is 0 Å². The minimum absolute atomic E-state index is 0. The van der Waals surface area contributed by atoms with Crippen LogP contribution in [0.25, 0.3) is 0 Å². The molecule has 2 N–H and O–H groups in total. The lowest BCUT2D eigenvalue weighted by Crippen LogP contribution is -2.50. The molecule has 0 aromatic carbocycles. The monoisotopic (exact) mass is 262 g/mol. The normalized spacial score (nSPS) is 35.9. The summed E-state index contributed by atoms with van der Waals surface area (Å²) < 4.78 is 5.43. The Morgan fingerprint density at radius 1 is 1.53 bits per heavy atom. The van der Waals surface area contributed by atoms with Crippen molar-refractivity contribution in [3.05, 3.63) is 0 Å². The average Bonchev–Trinajstić information content (AvgIpc) is 3.01. The van der Waals surface area contributed by atoms with E-state index in [1.807, 2.05) is 6.92 Å². The lowest BCUT2D eigenvalue weighted by Gasteiger charge is -2.30. The van der Waals surface area contributed by atoms with Crippen LogP contribution in [0.2, 0.25) is 0 Å². The molecule has 1 saturated carbocycles. The van der Waals surface area contributed by atoms with Crippen molar-refractivity contribution in [1.29, 1.82) is 0 Å². The fraction of sp³-hybridized carbons (Fsp3) is 0.917. The highest BCUT2D eigenvalue weighted by molar-refractivity contribution is 5.85. The standard InChI is InChI=1S/C12H22N2O2.ClH/c1-3-16-11-6-9(11)12(15)14-10-7-13-5-4-8(10)2;/h8-11,13H,3-7H2,1-2H3,(H,14,15);1H. The van der Waals surface area contributed by atoms with Crippen LogP contribution in [0.1, 0.15) is 26.7 Å². The number of hydrogen-bond donors (Lipinski definition) is 2. The summed E-state index contributed by atoms with van der Waals surface area (Å²) in [6.45, 7) is 6.85. The van der Waals surface area contributed by atoms with Gasteiger partial charge in [-0.15, -0.1) is 12.4 Å². The first-order chi connectivity index (χ1) is 7.72. The fourth-order valence-electron chi connectivity index (χ4n) is 2.32. The van der Waals surface area contributed by atoms with Crippen LogP contribution in [0, 0.1) is 11.8 Å². The Kier molecular flexibility index (Phi) is 5.70. The first-order valence-corrected chi connectivity index (χ1v) is 6.35. The molecule has 1 heterocycles. The summed E-state index contributed by atoms with van der Waals surface area (Å²) in [6, 6.07) is 0.295. The van der Waals surface area contributed by atoms with E-state index in [0.717, 1.165) is 25.9 Å². The summed E-state index contributed by atoms with van der Waals surface area (Å²) in [5.74, 6) is 0.863. The minimum atomic E-state index is 0. The van der Waals surface area contributed by atoms with Crippen molar-refractivity contribution in [2.75, 3.05) is 19.7 Å². The lowest BCUT2D eigenvalue weighted by molar-refractivity contribution is -0.124. The predicted molar refractivity (Wildman–Crippen MR) is 69.4 cm³/mol. The molecule has 1 amide bonds. The van der Waals surface area contributed by atoms with Gasteiger partial charge in [0.25, 0.3) is 0 Å². The summed E-state index contributed by atoms with van der Waals surface area (Å²) in [6.07, 6.45) is 2.22. The van der Waals surface area contributed by atoms with Crippen LogP contribution in [-0.2, 0) is 9.53 Å². The number of nitrogens with one attached hydrogen (secondary N) is 2. The molecule has 0 aromatic heterocycles. The molecule has 4 nitrogen and oxygen atoms in total. The number of amides is 1. The molecule has 2 fully saturated rings. The van der Waals surface area contributed by atoms with Gasteiger partial charge in [0.15, 0.2) is 0 Å². The van der Waals surface area contributed by atoms with Gasteiger partial charge in [-0.05, 0) is 32.2 Å². The van der Waals surface area contributed by atoms with Crippen LogP contribution in [-0.4, -0.2) is 37.7 Å². The second-order valence-electron chi connectivity index (χ2n) is 4.92. The number of ether oxygens (including phenoxy) is 1. The molecule has 0 bridgehead atoms. The molecule has 100 valence electrons. The van der Waals surface area contributed by atoms with Crippen LogP contribution in [0.4, 0.5) is 0 Å². The molecular formula is C12H23ClN2O2. The zero-order valence-electron chi connectivity index (χ0n) is 10.6. The van der Waals surface area contributed by atoms with E-state index in [1.54, 1.807) is 0 Å². The minimum Gasteiger partial charge on any atom is -0.378 e. The zero-order chi connectivity index (χ0) is 11.5. The van der Waals surface area contributed by atoms with Crippen molar-refractivity contribution in [3.8, 4) is 0 Å². The van der Waals surface area contributed by atoms with Crippen molar-refractivity contribution in [2.24, 2.45) is 11.8 Å². The van der Waals surface area contributed by atoms with Gasteiger partial charge in [-0.25, -0.2) is 0 Å². The predicted octanol–water partition coefficient (Wildman–Crippen LogP) is 0.947. The van der Waals surface area contributed by atoms with Gasteiger partial charge in [0.05, 0.1) is 12.0 Å². The van der Waals surface area contributed by atoms with E-state index in [2.05, 4.69) is 17.6 Å². The number of piperidine rings is 1. The molecule has 17 heavy (non-hydrogen) atoms. The van der Waals surface area contributed by atoms with E-state index < -0.39 is 0 Å². The van der Waals surface area contributed by atoms with Gasteiger partial charge >= 0.3 is 0 Å². The third-order valence-corrected chi connectivity index (χ3v) is 3.60. The maximum absolute atomic E-state index is 11.9. The van der Waals surface area contributed by atoms with Gasteiger partial charge in [0.1, 0.15) is 0 Å². The molecule has 0 spiro atoms. The molecule has 0 radical (unpaired) electrons. The quantitative estimate of drug-likeness (QED) is 0.793. The Morgan fingerprint density at radius 3 is 2.94 bits per heavy atom. The molecule has 0 aromatic rings. The Balaban J connectivity index is 0.00000144. The Bertz CT molecular complexity index is 263. The molecule has 1 aliphatic carbocycles. The van der Waals surface area contributed by atoms with Crippen LogP contribution < -0.4 is 10.6 Å². The summed E-state index contributed by atoms with van der Waals surface area (Å²) in [5.41, 5.74) is 0. The highest BCUT2D eigenvalue weighted by Crippen LogP contribution is 2.34. The Labute approximate surface area is 109 Å². The number of halogens is 1. The summed E-state index contributed by atoms with van der Waals surface area (Å²) >= 11 is 0. The second-order valence-corrected chi connectivity index (χ2v) is 4.92. The van der Waals surface area contributed by atoms with E-state index in [4.69, 9.17) is 4.74 Å². The molecule has 4 atom stereocenters. The molecule has 4 unspecified atom stereocenters. The maximum atomic E-state index is 11.9. The van der Waals surface area contributed by atoms with E-state index in [1.165, 1.54) is 0 Å². The Hall–Kier alpha value is -0.320. The number of carbonyl (C=O) groups is 1. The SMILES string of the molecule is CCOC1CC1C(=O)NC1CNCCC1C.Cl. The van der Waals surface area contributed by atoms with Crippen LogP contribution >= 0.6 is 12.4 Å². The number of carbonyl (C=O) groups excluding carboxylic acids is 1. The number of rotatable bonds is 4. The first-order valence-electron chi connectivity index (χ1n) is 6.35. The van der Waals surface area contributed by atoms with E-state index in [9.17, 15) is 4.79 Å². The third-order valence-electron chi connectivity index (χ3n) is 3.60. The molecule has 2 aliphatic rings. The maximum Gasteiger partial charge on any atom is 0.226 e. The molecular weight excluding hydrogens is 240 g/mol. The highest BCUT2D eigenvalue weighted by Gasteiger charge is 2.44. The van der Waals surface area contributed by atoms with E-state index >= 15 is 0 Å². The molecule has 2 rings (SSSR count). The van der Waals surface area contributed by atoms with Crippen molar-refractivity contribution in [3.63, 3.8) is 0 Å². The number of hydrogen-bond acceptors (Lipinski definition) is 3. The zero-order valence-corrected chi connectivity index (χ0v) is 11.4. The first kappa shape index (κ1) is 14.7. The Morgan fingerprint density at radius 2 is 2.29 bits per heavy atom. The fourth-order valence-corrected chi connectivity index (χ4v) is 2.32. The van der Waals surface area contributed by atoms with Crippen LogP contribution in [0.3, 0.4) is 0 Å². The van der Waals surface area contributed by atoms with Gasteiger partial charge in [-0.1, -0.05) is 6.92 Å². The average molecular weight is 263 g/mol. The highest BCUT2D eigenvalue weighted by atomic mass is 35.5. The van der Waals surface area contributed by atoms with Crippen molar-refractivity contribution in [1.82, 2.24) is 10.6 Å². The van der Waals surface area contributed by atoms with Crippen molar-refractivity contribution in [2.45, 2.75) is 38.8 Å². The third kappa shape index (κ3) is 3.83. The lowest BCUT2D eigenvalue weighted by atomic mass is 9.95. The smallest absolute Gasteiger partial charge is 0.226 e. The van der Waals surface area contributed by atoms with E-state index in [-0.39, 0.29) is 30.3 Å². The summed E-state index contributed by atoms with van der Waals surface area (Å²) in [7, 11) is 0. The second kappa shape index (κ2) is 6.57. The van der Waals surface area contributed by atoms with Crippen molar-refractivity contribution < 1.29 is 9.53 Å². The summed E-state index contributed by atoms with van der Waals surface area (Å²) in [4.78, 5) is 11.9. The van der Waals surface area contributed by atoms with Gasteiger partial charge in [0.2, 0.25) is 5.91 Å². The molecule has 1 saturated heterocycles. The van der Waals surface area contributed by atoms with Crippen LogP contribution in [0.15, 0.2) is 0 Å². The van der Waals surface area contributed by atoms with Crippen LogP contribution in [0.5, 0.6) is 0 Å². The van der Waals surface area contributed by atoms with E-state index in [0.29, 0.717) is 18.6 Å². The molecule has 5 heteroatoms. The molecule has 1 aliphatic heterocycles. The van der Waals surface area contributed by atoms with Gasteiger partial charge in [-0.3, -0.25) is 4.79 Å². The topological polar surface area (TPSA) is 50.4 Å². The summed E-state index contributed by atoms with van der Waals surface area (Å²) in [5, 5.41) is 6.46. The van der Waals surface area contributed by atoms with Gasteiger partial charge < -0.3 is 15.4 Å².